The fourth-order valence-corrected chi connectivity index (χ4v) is 2.56. The van der Waals surface area contributed by atoms with E-state index >= 15 is 0 Å². The van der Waals surface area contributed by atoms with Crippen molar-refractivity contribution in [2.45, 2.75) is 51.6 Å². The number of hydrogen-bond acceptors (Lipinski definition) is 2. The molecule has 1 saturated carbocycles. The Kier molecular flexibility index (Phi) is 3.56. The second-order valence-electron chi connectivity index (χ2n) is 5.92. The Morgan fingerprint density at radius 3 is 2.95 bits per heavy atom. The van der Waals surface area contributed by atoms with Crippen LogP contribution in [0.25, 0.3) is 11.0 Å². The highest BCUT2D eigenvalue weighted by Crippen LogP contribution is 2.37. The van der Waals surface area contributed by atoms with Gasteiger partial charge in [-0.15, -0.1) is 0 Å². The van der Waals surface area contributed by atoms with E-state index in [4.69, 9.17) is 0 Å². The Morgan fingerprint density at radius 2 is 2.21 bits per heavy atom. The van der Waals surface area contributed by atoms with Crippen LogP contribution in [0.2, 0.25) is 0 Å². The summed E-state index contributed by atoms with van der Waals surface area (Å²) in [7, 11) is 0. The highest BCUT2D eigenvalue weighted by atomic mass is 15.1. The normalized spacial score (nSPS) is 15.5. The number of rotatable bonds is 6. The van der Waals surface area contributed by atoms with Gasteiger partial charge in [-0.25, -0.2) is 4.98 Å². The molecule has 3 nitrogen and oxygen atoms in total. The lowest BCUT2D eigenvalue weighted by Crippen LogP contribution is -2.23. The van der Waals surface area contributed by atoms with E-state index in [1.54, 1.807) is 0 Å². The molecule has 1 aliphatic rings. The summed E-state index contributed by atoms with van der Waals surface area (Å²) >= 11 is 0. The van der Waals surface area contributed by atoms with Crippen LogP contribution < -0.4 is 5.32 Å². The molecule has 1 N–H and O–H groups in total. The van der Waals surface area contributed by atoms with E-state index in [0.29, 0.717) is 12.1 Å². The third-order valence-corrected chi connectivity index (χ3v) is 3.77. The number of hydrogen-bond donors (Lipinski definition) is 1. The minimum absolute atomic E-state index is 0.580. The summed E-state index contributed by atoms with van der Waals surface area (Å²) in [5, 5.41) is 3.46. The Labute approximate surface area is 115 Å². The van der Waals surface area contributed by atoms with Crippen molar-refractivity contribution >= 4 is 11.0 Å². The number of aryl methyl sites for hydroxylation is 1. The second-order valence-corrected chi connectivity index (χ2v) is 5.92. The fourth-order valence-electron chi connectivity index (χ4n) is 2.56. The second kappa shape index (κ2) is 5.33. The summed E-state index contributed by atoms with van der Waals surface area (Å²) in [6.45, 7) is 5.47. The predicted molar refractivity (Wildman–Crippen MR) is 79.5 cm³/mol. The van der Waals surface area contributed by atoms with E-state index in [0.717, 1.165) is 18.5 Å². The summed E-state index contributed by atoms with van der Waals surface area (Å²) < 4.78 is 2.33. The molecule has 0 radical (unpaired) electrons. The quantitative estimate of drug-likeness (QED) is 0.805. The molecule has 0 aliphatic heterocycles. The number of fused-ring (bicyclic) bond motifs is 1. The molecular weight excluding hydrogens is 234 g/mol. The molecule has 3 rings (SSSR count). The number of imidazole rings is 1. The Morgan fingerprint density at radius 1 is 1.37 bits per heavy atom. The van der Waals surface area contributed by atoms with E-state index in [-0.39, 0.29) is 0 Å². The SMILES string of the molecule is CC(C)NCCCc1ccc2c(c1)ncn2C1CC1. The number of aromatic nitrogens is 2. The third-order valence-electron chi connectivity index (χ3n) is 3.77. The smallest absolute Gasteiger partial charge is 0.0960 e. The Balaban J connectivity index is 1.65. The van der Waals surface area contributed by atoms with Gasteiger partial charge in [0.25, 0.3) is 0 Å². The van der Waals surface area contributed by atoms with Crippen LogP contribution in [0.4, 0.5) is 0 Å². The minimum atomic E-state index is 0.580. The average molecular weight is 257 g/mol. The van der Waals surface area contributed by atoms with Gasteiger partial charge < -0.3 is 9.88 Å². The average Bonchev–Trinajstić information content (AvgIpc) is 3.15. The molecule has 1 fully saturated rings. The van der Waals surface area contributed by atoms with E-state index in [9.17, 15) is 0 Å². The maximum atomic E-state index is 4.54. The zero-order valence-corrected chi connectivity index (χ0v) is 11.9. The van der Waals surface area contributed by atoms with Gasteiger partial charge >= 0.3 is 0 Å². The topological polar surface area (TPSA) is 29.9 Å². The Bertz CT molecular complexity index is 552. The van der Waals surface area contributed by atoms with Gasteiger partial charge in [-0.1, -0.05) is 19.9 Å². The summed E-state index contributed by atoms with van der Waals surface area (Å²) in [5.74, 6) is 0. The van der Waals surface area contributed by atoms with E-state index < -0.39 is 0 Å². The molecule has 1 aliphatic carbocycles. The van der Waals surface area contributed by atoms with Crippen molar-refractivity contribution in [3.63, 3.8) is 0 Å². The lowest BCUT2D eigenvalue weighted by molar-refractivity contribution is 0.570. The van der Waals surface area contributed by atoms with Crippen LogP contribution in [-0.2, 0) is 6.42 Å². The highest BCUT2D eigenvalue weighted by molar-refractivity contribution is 5.76. The molecular formula is C16H23N3. The number of nitrogens with one attached hydrogen (secondary N) is 1. The molecule has 3 heteroatoms. The summed E-state index contributed by atoms with van der Waals surface area (Å²) in [6.07, 6.45) is 6.95. The van der Waals surface area contributed by atoms with Gasteiger partial charge in [0.1, 0.15) is 0 Å². The van der Waals surface area contributed by atoms with Crippen LogP contribution in [0.3, 0.4) is 0 Å². The van der Waals surface area contributed by atoms with Gasteiger partial charge in [-0.05, 0) is 49.9 Å². The molecule has 1 aromatic heterocycles. The van der Waals surface area contributed by atoms with Crippen LogP contribution in [0, 0.1) is 0 Å². The predicted octanol–water partition coefficient (Wildman–Crippen LogP) is 3.30. The molecule has 19 heavy (non-hydrogen) atoms. The molecule has 1 aromatic carbocycles. The van der Waals surface area contributed by atoms with Crippen molar-refractivity contribution < 1.29 is 0 Å². The van der Waals surface area contributed by atoms with Crippen molar-refractivity contribution in [1.29, 1.82) is 0 Å². The molecule has 0 atom stereocenters. The van der Waals surface area contributed by atoms with Crippen LogP contribution in [0.1, 0.15) is 44.7 Å². The zero-order valence-electron chi connectivity index (χ0n) is 11.9. The molecule has 0 spiro atoms. The fraction of sp³-hybridized carbons (Fsp3) is 0.562. The molecule has 1 heterocycles. The molecule has 102 valence electrons. The van der Waals surface area contributed by atoms with Gasteiger partial charge in [0.05, 0.1) is 17.4 Å². The van der Waals surface area contributed by atoms with Gasteiger partial charge in [0, 0.05) is 12.1 Å². The van der Waals surface area contributed by atoms with Crippen molar-refractivity contribution in [3.05, 3.63) is 30.1 Å². The van der Waals surface area contributed by atoms with Crippen LogP contribution in [-0.4, -0.2) is 22.1 Å². The molecule has 0 saturated heterocycles. The lowest BCUT2D eigenvalue weighted by atomic mass is 10.1. The lowest BCUT2D eigenvalue weighted by Gasteiger charge is -2.08. The van der Waals surface area contributed by atoms with Gasteiger partial charge in [-0.3, -0.25) is 0 Å². The number of nitrogens with zero attached hydrogens (tertiary/aromatic N) is 2. The van der Waals surface area contributed by atoms with E-state index in [1.807, 2.05) is 6.33 Å². The zero-order chi connectivity index (χ0) is 13.2. The first-order chi connectivity index (χ1) is 9.24. The van der Waals surface area contributed by atoms with Crippen molar-refractivity contribution in [1.82, 2.24) is 14.9 Å². The van der Waals surface area contributed by atoms with Gasteiger partial charge in [0.2, 0.25) is 0 Å². The maximum absolute atomic E-state index is 4.54. The summed E-state index contributed by atoms with van der Waals surface area (Å²) in [4.78, 5) is 4.54. The third kappa shape index (κ3) is 2.98. The molecule has 0 amide bonds. The van der Waals surface area contributed by atoms with Crippen LogP contribution in [0.15, 0.2) is 24.5 Å². The molecule has 2 aromatic rings. The standard InChI is InChI=1S/C16H23N3/c1-12(2)17-9-3-4-13-5-8-16-15(10-13)18-11-19(16)14-6-7-14/h5,8,10-12,14,17H,3-4,6-7,9H2,1-2H3. The van der Waals surface area contributed by atoms with Gasteiger partial charge in [0.15, 0.2) is 0 Å². The van der Waals surface area contributed by atoms with Crippen molar-refractivity contribution in [2.75, 3.05) is 6.54 Å². The number of benzene rings is 1. The van der Waals surface area contributed by atoms with Crippen molar-refractivity contribution in [3.8, 4) is 0 Å². The maximum Gasteiger partial charge on any atom is 0.0960 e. The van der Waals surface area contributed by atoms with Crippen LogP contribution >= 0.6 is 0 Å². The Hall–Kier alpha value is -1.35. The monoisotopic (exact) mass is 257 g/mol. The largest absolute Gasteiger partial charge is 0.327 e. The first kappa shape index (κ1) is 12.7. The minimum Gasteiger partial charge on any atom is -0.327 e. The summed E-state index contributed by atoms with van der Waals surface area (Å²) in [6, 6.07) is 8.05. The summed E-state index contributed by atoms with van der Waals surface area (Å²) in [5.41, 5.74) is 3.85. The highest BCUT2D eigenvalue weighted by Gasteiger charge is 2.24. The molecule has 0 unspecified atom stereocenters. The first-order valence-electron chi connectivity index (χ1n) is 7.43. The van der Waals surface area contributed by atoms with Crippen molar-refractivity contribution in [2.24, 2.45) is 0 Å². The van der Waals surface area contributed by atoms with Gasteiger partial charge in [-0.2, -0.15) is 0 Å². The van der Waals surface area contributed by atoms with E-state index in [2.05, 4.69) is 46.9 Å². The van der Waals surface area contributed by atoms with Crippen LogP contribution in [0.5, 0.6) is 0 Å². The molecule has 0 bridgehead atoms. The first-order valence-corrected chi connectivity index (χ1v) is 7.43. The van der Waals surface area contributed by atoms with E-state index in [1.165, 1.54) is 30.3 Å².